The van der Waals surface area contributed by atoms with Crippen LogP contribution in [0.4, 0.5) is 5.69 Å². The van der Waals surface area contributed by atoms with Gasteiger partial charge in [-0.15, -0.1) is 0 Å². The van der Waals surface area contributed by atoms with Gasteiger partial charge in [0, 0.05) is 36.9 Å². The molecule has 1 amide bonds. The number of halogens is 1. The van der Waals surface area contributed by atoms with Crippen LogP contribution in [0, 0.1) is 0 Å². The first-order valence-corrected chi connectivity index (χ1v) is 10.1. The van der Waals surface area contributed by atoms with E-state index < -0.39 is 6.04 Å². The Kier molecular flexibility index (Phi) is 4.93. The first kappa shape index (κ1) is 18.1. The van der Waals surface area contributed by atoms with Gasteiger partial charge in [0.15, 0.2) is 0 Å². The number of piperazine rings is 1. The molecule has 1 aliphatic rings. The highest BCUT2D eigenvalue weighted by Crippen LogP contribution is 2.23. The third kappa shape index (κ3) is 3.47. The van der Waals surface area contributed by atoms with E-state index in [1.54, 1.807) is 3.96 Å². The summed E-state index contributed by atoms with van der Waals surface area (Å²) in [6.45, 7) is 4.58. The Hall–Kier alpha value is -2.31. The van der Waals surface area contributed by atoms with Crippen LogP contribution in [0.15, 0.2) is 53.3 Å². The number of aromatic nitrogens is 1. The summed E-state index contributed by atoms with van der Waals surface area (Å²) in [5, 5.41) is 1.39. The molecule has 0 aliphatic carbocycles. The molecule has 0 unspecified atom stereocenters. The average Bonchev–Trinajstić information content (AvgIpc) is 3.04. The van der Waals surface area contributed by atoms with Gasteiger partial charge < -0.3 is 9.80 Å². The van der Waals surface area contributed by atoms with Gasteiger partial charge in [-0.3, -0.25) is 13.5 Å². The molecule has 0 spiro atoms. The fourth-order valence-electron chi connectivity index (χ4n) is 3.47. The molecule has 2 aromatic carbocycles. The van der Waals surface area contributed by atoms with E-state index in [9.17, 15) is 9.59 Å². The van der Waals surface area contributed by atoms with Gasteiger partial charge in [-0.25, -0.2) is 0 Å². The minimum Gasteiger partial charge on any atom is -0.368 e. The van der Waals surface area contributed by atoms with Crippen LogP contribution in [-0.2, 0) is 4.79 Å². The zero-order valence-corrected chi connectivity index (χ0v) is 16.5. The zero-order chi connectivity index (χ0) is 19.0. The minimum atomic E-state index is -0.493. The number of carbonyl (C=O) groups is 1. The van der Waals surface area contributed by atoms with E-state index in [1.165, 1.54) is 11.5 Å². The number of benzene rings is 2. The Morgan fingerprint density at radius 2 is 1.81 bits per heavy atom. The number of hydrogen-bond acceptors (Lipinski definition) is 4. The average molecular weight is 402 g/mol. The first-order valence-electron chi connectivity index (χ1n) is 8.94. The van der Waals surface area contributed by atoms with Crippen molar-refractivity contribution < 1.29 is 4.79 Å². The SMILES string of the molecule is C[C@H](C(=O)N1CCN(c2cccc(Cl)c2)CC1)n1sc2ccccc2c1=O. The standard InChI is InChI=1S/C20H20ClN3O2S/c1-14(24-20(26)17-7-2-3-8-18(17)27-24)19(25)23-11-9-22(10-12-23)16-6-4-5-15(21)13-16/h2-8,13-14H,9-12H2,1H3/t14-/m1/s1. The molecule has 0 bridgehead atoms. The number of nitrogens with zero attached hydrogens (tertiary/aromatic N) is 3. The second kappa shape index (κ2) is 7.37. The molecule has 2 heterocycles. The fourth-order valence-corrected chi connectivity index (χ4v) is 4.69. The van der Waals surface area contributed by atoms with E-state index in [1.807, 2.05) is 60.4 Å². The van der Waals surface area contributed by atoms with Crippen LogP contribution in [0.5, 0.6) is 0 Å². The van der Waals surface area contributed by atoms with Crippen molar-refractivity contribution in [3.63, 3.8) is 0 Å². The number of hydrogen-bond donors (Lipinski definition) is 0. The van der Waals surface area contributed by atoms with Crippen molar-refractivity contribution in [3.8, 4) is 0 Å². The molecule has 7 heteroatoms. The van der Waals surface area contributed by atoms with Gasteiger partial charge in [-0.1, -0.05) is 41.3 Å². The summed E-state index contributed by atoms with van der Waals surface area (Å²) in [7, 11) is 0. The molecule has 0 radical (unpaired) electrons. The van der Waals surface area contributed by atoms with Crippen molar-refractivity contribution in [1.82, 2.24) is 8.86 Å². The number of rotatable bonds is 3. The summed E-state index contributed by atoms with van der Waals surface area (Å²) in [4.78, 5) is 29.6. The maximum atomic E-state index is 13.0. The quantitative estimate of drug-likeness (QED) is 0.673. The smallest absolute Gasteiger partial charge is 0.269 e. The highest BCUT2D eigenvalue weighted by molar-refractivity contribution is 7.14. The van der Waals surface area contributed by atoms with Crippen molar-refractivity contribution in [3.05, 3.63) is 63.9 Å². The van der Waals surface area contributed by atoms with Crippen LogP contribution < -0.4 is 10.5 Å². The molecule has 1 fully saturated rings. The summed E-state index contributed by atoms with van der Waals surface area (Å²) in [5.74, 6) is -0.00518. The third-order valence-corrected chi connectivity index (χ3v) is 6.45. The molecule has 1 aromatic heterocycles. The maximum absolute atomic E-state index is 13.0. The lowest BCUT2D eigenvalue weighted by atomic mass is 10.2. The Morgan fingerprint density at radius 3 is 2.52 bits per heavy atom. The van der Waals surface area contributed by atoms with Crippen LogP contribution in [0.2, 0.25) is 5.02 Å². The maximum Gasteiger partial charge on any atom is 0.269 e. The van der Waals surface area contributed by atoms with Crippen molar-refractivity contribution in [1.29, 1.82) is 0 Å². The number of carbonyl (C=O) groups excluding carboxylic acids is 1. The molecule has 1 aliphatic heterocycles. The minimum absolute atomic E-state index is 0.00518. The molecular formula is C20H20ClN3O2S. The Balaban J connectivity index is 1.47. The lowest BCUT2D eigenvalue weighted by Crippen LogP contribution is -2.50. The van der Waals surface area contributed by atoms with Gasteiger partial charge in [0.25, 0.3) is 5.56 Å². The van der Waals surface area contributed by atoms with E-state index in [0.717, 1.165) is 23.5 Å². The third-order valence-electron chi connectivity index (χ3n) is 4.99. The van der Waals surface area contributed by atoms with Crippen molar-refractivity contribution in [2.75, 3.05) is 31.1 Å². The van der Waals surface area contributed by atoms with Gasteiger partial charge in [-0.05, 0) is 37.3 Å². The topological polar surface area (TPSA) is 45.6 Å². The second-order valence-electron chi connectivity index (χ2n) is 6.69. The van der Waals surface area contributed by atoms with Gasteiger partial charge >= 0.3 is 0 Å². The van der Waals surface area contributed by atoms with Crippen LogP contribution in [0.3, 0.4) is 0 Å². The second-order valence-corrected chi connectivity index (χ2v) is 8.14. The lowest BCUT2D eigenvalue weighted by Gasteiger charge is -2.37. The monoisotopic (exact) mass is 401 g/mol. The predicted molar refractivity (Wildman–Crippen MR) is 111 cm³/mol. The van der Waals surface area contributed by atoms with Gasteiger partial charge in [0.2, 0.25) is 5.91 Å². The summed E-state index contributed by atoms with van der Waals surface area (Å²) >= 11 is 7.43. The molecule has 1 saturated heterocycles. The molecule has 1 atom stereocenters. The normalized spacial score (nSPS) is 15.9. The molecule has 5 nitrogen and oxygen atoms in total. The molecule has 27 heavy (non-hydrogen) atoms. The Bertz CT molecular complexity index is 1040. The summed E-state index contributed by atoms with van der Waals surface area (Å²) < 4.78 is 2.50. The molecular weight excluding hydrogens is 382 g/mol. The van der Waals surface area contributed by atoms with Crippen molar-refractivity contribution in [2.45, 2.75) is 13.0 Å². The molecule has 4 rings (SSSR count). The van der Waals surface area contributed by atoms with E-state index >= 15 is 0 Å². The van der Waals surface area contributed by atoms with Gasteiger partial charge in [0.05, 0.1) is 10.1 Å². The summed E-state index contributed by atoms with van der Waals surface area (Å²) in [5.41, 5.74) is 0.984. The fraction of sp³-hybridized carbons (Fsp3) is 0.300. The Morgan fingerprint density at radius 1 is 1.07 bits per heavy atom. The van der Waals surface area contributed by atoms with Crippen LogP contribution in [0.25, 0.3) is 10.1 Å². The van der Waals surface area contributed by atoms with E-state index in [4.69, 9.17) is 11.6 Å². The highest BCUT2D eigenvalue weighted by atomic mass is 35.5. The van der Waals surface area contributed by atoms with Crippen molar-refractivity contribution in [2.24, 2.45) is 0 Å². The van der Waals surface area contributed by atoms with E-state index in [-0.39, 0.29) is 11.5 Å². The largest absolute Gasteiger partial charge is 0.368 e. The zero-order valence-electron chi connectivity index (χ0n) is 15.0. The molecule has 0 saturated carbocycles. The van der Waals surface area contributed by atoms with E-state index in [0.29, 0.717) is 23.5 Å². The Labute approximate surface area is 166 Å². The lowest BCUT2D eigenvalue weighted by molar-refractivity contribution is -0.134. The number of fused-ring (bicyclic) bond motifs is 1. The number of anilines is 1. The predicted octanol–water partition coefficient (Wildman–Crippen LogP) is 3.63. The summed E-state index contributed by atoms with van der Waals surface area (Å²) in [6, 6.07) is 14.8. The molecule has 0 N–H and O–H groups in total. The number of amides is 1. The van der Waals surface area contributed by atoms with Crippen LogP contribution >= 0.6 is 23.1 Å². The van der Waals surface area contributed by atoms with Crippen LogP contribution in [-0.4, -0.2) is 40.9 Å². The van der Waals surface area contributed by atoms with Crippen LogP contribution in [0.1, 0.15) is 13.0 Å². The molecule has 140 valence electrons. The van der Waals surface area contributed by atoms with E-state index in [2.05, 4.69) is 4.90 Å². The highest BCUT2D eigenvalue weighted by Gasteiger charge is 2.27. The molecule has 3 aromatic rings. The first-order chi connectivity index (χ1) is 13.0. The van der Waals surface area contributed by atoms with Gasteiger partial charge in [0.1, 0.15) is 6.04 Å². The van der Waals surface area contributed by atoms with Gasteiger partial charge in [-0.2, -0.15) is 0 Å². The summed E-state index contributed by atoms with van der Waals surface area (Å²) in [6.07, 6.45) is 0. The van der Waals surface area contributed by atoms with Crippen molar-refractivity contribution >= 4 is 44.8 Å².